The lowest BCUT2D eigenvalue weighted by atomic mass is 10.1. The van der Waals surface area contributed by atoms with Crippen LogP contribution in [0.1, 0.15) is 32.6 Å². The van der Waals surface area contributed by atoms with Gasteiger partial charge in [-0.15, -0.1) is 0 Å². The quantitative estimate of drug-likeness (QED) is 0.860. The summed E-state index contributed by atoms with van der Waals surface area (Å²) in [6.45, 7) is 2.83. The molecule has 1 saturated heterocycles. The Hall–Kier alpha value is -1.36. The molecular weight excluding hydrogens is 274 g/mol. The summed E-state index contributed by atoms with van der Waals surface area (Å²) >= 11 is 0. The van der Waals surface area contributed by atoms with Crippen LogP contribution in [0.4, 0.5) is 14.5 Å². The number of hydrogen-bond acceptors (Lipinski definition) is 3. The number of rotatable bonds is 6. The van der Waals surface area contributed by atoms with Gasteiger partial charge in [-0.1, -0.05) is 13.0 Å². The number of anilines is 1. The lowest BCUT2D eigenvalue weighted by Crippen LogP contribution is -2.27. The van der Waals surface area contributed by atoms with E-state index in [0.29, 0.717) is 6.04 Å². The number of halogens is 2. The van der Waals surface area contributed by atoms with Gasteiger partial charge in [-0.25, -0.2) is 0 Å². The first kappa shape index (κ1) is 16.0. The predicted octanol–water partition coefficient (Wildman–Crippen LogP) is 3.96. The molecule has 1 aliphatic rings. The van der Waals surface area contributed by atoms with Crippen molar-refractivity contribution in [2.24, 2.45) is 0 Å². The van der Waals surface area contributed by atoms with E-state index < -0.39 is 6.61 Å². The second kappa shape index (κ2) is 8.17. The van der Waals surface area contributed by atoms with Crippen molar-refractivity contribution in [3.63, 3.8) is 0 Å². The van der Waals surface area contributed by atoms with Crippen molar-refractivity contribution in [1.29, 1.82) is 0 Å². The first-order valence-corrected chi connectivity index (χ1v) is 7.71. The van der Waals surface area contributed by atoms with Gasteiger partial charge in [0.15, 0.2) is 0 Å². The summed E-state index contributed by atoms with van der Waals surface area (Å²) in [6, 6.07) is 7.22. The fourth-order valence-corrected chi connectivity index (χ4v) is 2.84. The van der Waals surface area contributed by atoms with Crippen molar-refractivity contribution in [1.82, 2.24) is 4.90 Å². The van der Waals surface area contributed by atoms with E-state index in [-0.39, 0.29) is 5.75 Å². The van der Waals surface area contributed by atoms with Crippen molar-refractivity contribution in [3.8, 4) is 5.75 Å². The average Bonchev–Trinajstić information content (AvgIpc) is 2.65. The van der Waals surface area contributed by atoms with Gasteiger partial charge in [-0.05, 0) is 50.9 Å². The van der Waals surface area contributed by atoms with E-state index in [1.165, 1.54) is 12.8 Å². The highest BCUT2D eigenvalue weighted by molar-refractivity contribution is 5.48. The normalized spacial score (nSPS) is 20.3. The smallest absolute Gasteiger partial charge is 0.387 e. The van der Waals surface area contributed by atoms with Crippen LogP contribution in [0.5, 0.6) is 5.75 Å². The summed E-state index contributed by atoms with van der Waals surface area (Å²) in [7, 11) is 0. The summed E-state index contributed by atoms with van der Waals surface area (Å²) < 4.78 is 28.9. The van der Waals surface area contributed by atoms with E-state index >= 15 is 0 Å². The molecule has 1 aromatic carbocycles. The standard InChI is InChI=1S/C16H24F2N2O/c1-2-9-20-10-4-6-13(8-11-20)19-14-5-3-7-15(12-14)21-16(17)18/h3,5,7,12-13,16,19H,2,4,6,8-11H2,1H3. The van der Waals surface area contributed by atoms with E-state index in [1.54, 1.807) is 18.2 Å². The highest BCUT2D eigenvalue weighted by Crippen LogP contribution is 2.22. The van der Waals surface area contributed by atoms with E-state index in [2.05, 4.69) is 21.9 Å². The maximum atomic E-state index is 12.2. The maximum absolute atomic E-state index is 12.2. The molecule has 1 aromatic rings. The topological polar surface area (TPSA) is 24.5 Å². The Morgan fingerprint density at radius 1 is 1.33 bits per heavy atom. The highest BCUT2D eigenvalue weighted by Gasteiger charge is 2.16. The molecule has 21 heavy (non-hydrogen) atoms. The van der Waals surface area contributed by atoms with Gasteiger partial charge in [-0.2, -0.15) is 8.78 Å². The van der Waals surface area contributed by atoms with Gasteiger partial charge in [0, 0.05) is 24.3 Å². The molecular formula is C16H24F2N2O. The molecule has 5 heteroatoms. The Kier molecular flexibility index (Phi) is 6.23. The number of likely N-dealkylation sites (tertiary alicyclic amines) is 1. The molecule has 0 amide bonds. The fraction of sp³-hybridized carbons (Fsp3) is 0.625. The summed E-state index contributed by atoms with van der Waals surface area (Å²) in [5.74, 6) is 0.205. The van der Waals surface area contributed by atoms with E-state index in [1.807, 2.05) is 6.07 Å². The van der Waals surface area contributed by atoms with Crippen molar-refractivity contribution in [2.45, 2.75) is 45.3 Å². The largest absolute Gasteiger partial charge is 0.435 e. The first-order chi connectivity index (χ1) is 10.2. The predicted molar refractivity (Wildman–Crippen MR) is 81.1 cm³/mol. The molecule has 118 valence electrons. The minimum atomic E-state index is -2.78. The van der Waals surface area contributed by atoms with Crippen molar-refractivity contribution in [2.75, 3.05) is 25.0 Å². The van der Waals surface area contributed by atoms with Crippen LogP contribution in [0.25, 0.3) is 0 Å². The van der Waals surface area contributed by atoms with Gasteiger partial charge >= 0.3 is 6.61 Å². The molecule has 1 atom stereocenters. The molecule has 0 aliphatic carbocycles. The Morgan fingerprint density at radius 2 is 2.19 bits per heavy atom. The average molecular weight is 298 g/mol. The second-order valence-corrected chi connectivity index (χ2v) is 5.52. The molecule has 1 N–H and O–H groups in total. The van der Waals surface area contributed by atoms with Gasteiger partial charge in [-0.3, -0.25) is 0 Å². The lowest BCUT2D eigenvalue weighted by Gasteiger charge is -2.20. The van der Waals surface area contributed by atoms with Gasteiger partial charge in [0.2, 0.25) is 0 Å². The second-order valence-electron chi connectivity index (χ2n) is 5.52. The zero-order chi connectivity index (χ0) is 15.1. The molecule has 0 saturated carbocycles. The number of nitrogens with one attached hydrogen (secondary N) is 1. The summed E-state index contributed by atoms with van der Waals surface area (Å²) in [6.07, 6.45) is 4.55. The van der Waals surface area contributed by atoms with Crippen LogP contribution in [-0.2, 0) is 0 Å². The van der Waals surface area contributed by atoms with Gasteiger partial charge in [0.25, 0.3) is 0 Å². The highest BCUT2D eigenvalue weighted by atomic mass is 19.3. The number of alkyl halides is 2. The molecule has 1 aliphatic heterocycles. The molecule has 3 nitrogen and oxygen atoms in total. The summed E-state index contributed by atoms with van der Waals surface area (Å²) in [5, 5.41) is 3.45. The molecule has 0 radical (unpaired) electrons. The van der Waals surface area contributed by atoms with Crippen LogP contribution in [0, 0.1) is 0 Å². The Bertz CT molecular complexity index is 428. The molecule has 1 heterocycles. The van der Waals surface area contributed by atoms with Gasteiger partial charge in [0.05, 0.1) is 0 Å². The molecule has 0 aromatic heterocycles. The monoisotopic (exact) mass is 298 g/mol. The van der Waals surface area contributed by atoms with Crippen LogP contribution < -0.4 is 10.1 Å². The molecule has 0 spiro atoms. The Morgan fingerprint density at radius 3 is 2.95 bits per heavy atom. The lowest BCUT2D eigenvalue weighted by molar-refractivity contribution is -0.0498. The number of hydrogen-bond donors (Lipinski definition) is 1. The van der Waals surface area contributed by atoms with Crippen LogP contribution in [0.2, 0.25) is 0 Å². The van der Waals surface area contributed by atoms with Crippen LogP contribution in [0.15, 0.2) is 24.3 Å². The van der Waals surface area contributed by atoms with Crippen LogP contribution >= 0.6 is 0 Å². The zero-order valence-corrected chi connectivity index (χ0v) is 12.5. The SMILES string of the molecule is CCCN1CCCC(Nc2cccc(OC(F)F)c2)CC1. The van der Waals surface area contributed by atoms with Crippen molar-refractivity contribution < 1.29 is 13.5 Å². The number of benzene rings is 1. The Balaban J connectivity index is 1.89. The van der Waals surface area contributed by atoms with Gasteiger partial charge in [0.1, 0.15) is 5.75 Å². The third-order valence-corrected chi connectivity index (χ3v) is 3.79. The van der Waals surface area contributed by atoms with E-state index in [9.17, 15) is 8.78 Å². The molecule has 2 rings (SSSR count). The third-order valence-electron chi connectivity index (χ3n) is 3.79. The number of ether oxygens (including phenoxy) is 1. The van der Waals surface area contributed by atoms with Gasteiger partial charge < -0.3 is 15.0 Å². The summed E-state index contributed by atoms with van der Waals surface area (Å²) in [4.78, 5) is 2.50. The van der Waals surface area contributed by atoms with Crippen molar-refractivity contribution >= 4 is 5.69 Å². The minimum absolute atomic E-state index is 0.205. The summed E-state index contributed by atoms with van der Waals surface area (Å²) in [5.41, 5.74) is 0.849. The van der Waals surface area contributed by atoms with E-state index in [0.717, 1.165) is 38.2 Å². The third kappa shape index (κ3) is 5.50. The zero-order valence-electron chi connectivity index (χ0n) is 12.5. The minimum Gasteiger partial charge on any atom is -0.435 e. The van der Waals surface area contributed by atoms with E-state index in [4.69, 9.17) is 0 Å². The number of nitrogens with zero attached hydrogens (tertiary/aromatic N) is 1. The first-order valence-electron chi connectivity index (χ1n) is 7.71. The molecule has 0 bridgehead atoms. The Labute approximate surface area is 125 Å². The maximum Gasteiger partial charge on any atom is 0.387 e. The van der Waals surface area contributed by atoms with Crippen LogP contribution in [-0.4, -0.2) is 37.2 Å². The fourth-order valence-electron chi connectivity index (χ4n) is 2.84. The van der Waals surface area contributed by atoms with Crippen molar-refractivity contribution in [3.05, 3.63) is 24.3 Å². The van der Waals surface area contributed by atoms with Crippen LogP contribution in [0.3, 0.4) is 0 Å². The molecule has 1 fully saturated rings. The molecule has 1 unspecified atom stereocenters.